The molecule has 0 unspecified atom stereocenters. The van der Waals surface area contributed by atoms with Gasteiger partial charge in [0.2, 0.25) is 5.95 Å². The zero-order chi connectivity index (χ0) is 17.8. The summed E-state index contributed by atoms with van der Waals surface area (Å²) in [6.07, 6.45) is 5.15. The highest BCUT2D eigenvalue weighted by Gasteiger charge is 2.25. The number of amides is 1. The van der Waals surface area contributed by atoms with Crippen LogP contribution in [0.4, 0.5) is 11.6 Å². The maximum atomic E-state index is 12.7. The molecular formula is C16H17N5O3S. The predicted octanol–water partition coefficient (Wildman–Crippen LogP) is 2.07. The van der Waals surface area contributed by atoms with Crippen LogP contribution in [0.25, 0.3) is 0 Å². The van der Waals surface area contributed by atoms with Crippen molar-refractivity contribution in [3.8, 4) is 0 Å². The molecule has 1 saturated heterocycles. The molecule has 0 radical (unpaired) electrons. The molecule has 0 saturated carbocycles. The number of nitro groups is 1. The minimum Gasteiger partial charge on any atom is -0.337 e. The molecule has 2 aromatic rings. The van der Waals surface area contributed by atoms with Gasteiger partial charge in [0.1, 0.15) is 0 Å². The molecule has 1 aliphatic rings. The molecule has 1 fully saturated rings. The average molecular weight is 359 g/mol. The number of benzene rings is 1. The first-order valence-corrected chi connectivity index (χ1v) is 8.96. The van der Waals surface area contributed by atoms with Gasteiger partial charge in [-0.05, 0) is 24.5 Å². The van der Waals surface area contributed by atoms with Crippen LogP contribution in [0.15, 0.2) is 41.6 Å². The van der Waals surface area contributed by atoms with E-state index in [2.05, 4.69) is 9.97 Å². The van der Waals surface area contributed by atoms with Crippen LogP contribution in [0.1, 0.15) is 10.4 Å². The van der Waals surface area contributed by atoms with Crippen molar-refractivity contribution >= 4 is 29.3 Å². The van der Waals surface area contributed by atoms with E-state index in [1.165, 1.54) is 17.8 Å². The zero-order valence-corrected chi connectivity index (χ0v) is 14.5. The highest BCUT2D eigenvalue weighted by Crippen LogP contribution is 2.28. The Balaban J connectivity index is 1.70. The molecule has 1 aromatic heterocycles. The standard InChI is InChI=1S/C16H17N5O3S/c1-25-14-4-3-12(11-13(14)21(23)24)15(22)19-7-9-20(10-8-19)16-17-5-2-6-18-16/h2-6,11H,7-10H2,1H3. The van der Waals surface area contributed by atoms with E-state index in [1.807, 2.05) is 4.90 Å². The normalized spacial score (nSPS) is 14.4. The molecule has 0 atom stereocenters. The minimum absolute atomic E-state index is 0.0327. The van der Waals surface area contributed by atoms with Crippen LogP contribution >= 0.6 is 11.8 Å². The number of nitrogens with zero attached hydrogens (tertiary/aromatic N) is 5. The van der Waals surface area contributed by atoms with Crippen molar-refractivity contribution in [2.24, 2.45) is 0 Å². The van der Waals surface area contributed by atoms with E-state index in [0.717, 1.165) is 0 Å². The summed E-state index contributed by atoms with van der Waals surface area (Å²) < 4.78 is 0. The molecule has 8 nitrogen and oxygen atoms in total. The molecule has 0 bridgehead atoms. The molecule has 2 heterocycles. The smallest absolute Gasteiger partial charge is 0.283 e. The van der Waals surface area contributed by atoms with Crippen LogP contribution in [-0.2, 0) is 0 Å². The van der Waals surface area contributed by atoms with Crippen molar-refractivity contribution < 1.29 is 9.72 Å². The molecule has 1 aromatic carbocycles. The van der Waals surface area contributed by atoms with Crippen molar-refractivity contribution in [3.05, 3.63) is 52.3 Å². The molecule has 0 spiro atoms. The number of hydrogen-bond donors (Lipinski definition) is 0. The van der Waals surface area contributed by atoms with Gasteiger partial charge in [-0.15, -0.1) is 11.8 Å². The van der Waals surface area contributed by atoms with Crippen molar-refractivity contribution in [3.63, 3.8) is 0 Å². The summed E-state index contributed by atoms with van der Waals surface area (Å²) in [5.74, 6) is 0.457. The first-order valence-electron chi connectivity index (χ1n) is 7.74. The average Bonchev–Trinajstić information content (AvgIpc) is 2.67. The van der Waals surface area contributed by atoms with E-state index in [1.54, 1.807) is 41.7 Å². The van der Waals surface area contributed by atoms with Crippen LogP contribution < -0.4 is 4.90 Å². The monoisotopic (exact) mass is 359 g/mol. The van der Waals surface area contributed by atoms with Crippen molar-refractivity contribution in [2.45, 2.75) is 4.90 Å². The van der Waals surface area contributed by atoms with Gasteiger partial charge in [0.05, 0.1) is 9.82 Å². The van der Waals surface area contributed by atoms with E-state index in [4.69, 9.17) is 0 Å². The van der Waals surface area contributed by atoms with Crippen LogP contribution in [0.2, 0.25) is 0 Å². The molecular weight excluding hydrogens is 342 g/mol. The van der Waals surface area contributed by atoms with E-state index < -0.39 is 4.92 Å². The van der Waals surface area contributed by atoms with Crippen molar-refractivity contribution in [2.75, 3.05) is 37.3 Å². The van der Waals surface area contributed by atoms with Gasteiger partial charge < -0.3 is 9.80 Å². The first kappa shape index (κ1) is 17.2. The van der Waals surface area contributed by atoms with Crippen LogP contribution in [-0.4, -0.2) is 58.1 Å². The van der Waals surface area contributed by atoms with Gasteiger partial charge in [-0.2, -0.15) is 0 Å². The molecule has 0 aliphatic carbocycles. The summed E-state index contributed by atoms with van der Waals surface area (Å²) in [6, 6.07) is 6.40. The third-order valence-corrected chi connectivity index (χ3v) is 4.81. The first-order chi connectivity index (χ1) is 12.1. The van der Waals surface area contributed by atoms with Crippen LogP contribution in [0.5, 0.6) is 0 Å². The summed E-state index contributed by atoms with van der Waals surface area (Å²) in [5.41, 5.74) is 0.309. The second-order valence-electron chi connectivity index (χ2n) is 5.47. The van der Waals surface area contributed by atoms with Crippen molar-refractivity contribution in [1.29, 1.82) is 0 Å². The fourth-order valence-electron chi connectivity index (χ4n) is 2.71. The number of hydrogen-bond acceptors (Lipinski definition) is 7. The number of anilines is 1. The number of piperazine rings is 1. The SMILES string of the molecule is CSc1ccc(C(=O)N2CCN(c3ncccn3)CC2)cc1[N+](=O)[O-]. The molecule has 3 rings (SSSR count). The molecule has 1 amide bonds. The Morgan fingerprint density at radius 3 is 2.48 bits per heavy atom. The fraction of sp³-hybridized carbons (Fsp3) is 0.312. The Morgan fingerprint density at radius 1 is 1.20 bits per heavy atom. The maximum Gasteiger partial charge on any atom is 0.283 e. The lowest BCUT2D eigenvalue weighted by atomic mass is 10.1. The van der Waals surface area contributed by atoms with Gasteiger partial charge >= 0.3 is 0 Å². The fourth-order valence-corrected chi connectivity index (χ4v) is 3.26. The number of rotatable bonds is 4. The maximum absolute atomic E-state index is 12.7. The third kappa shape index (κ3) is 3.71. The number of aromatic nitrogens is 2. The Kier molecular flexibility index (Phi) is 5.13. The second-order valence-corrected chi connectivity index (χ2v) is 6.32. The Morgan fingerprint density at radius 2 is 1.88 bits per heavy atom. The van der Waals surface area contributed by atoms with Gasteiger partial charge in [0.25, 0.3) is 11.6 Å². The predicted molar refractivity (Wildman–Crippen MR) is 95.0 cm³/mol. The van der Waals surface area contributed by atoms with E-state index >= 15 is 0 Å². The topological polar surface area (TPSA) is 92.5 Å². The van der Waals surface area contributed by atoms with Gasteiger partial charge in [-0.3, -0.25) is 14.9 Å². The summed E-state index contributed by atoms with van der Waals surface area (Å²) in [7, 11) is 0. The van der Waals surface area contributed by atoms with Gasteiger partial charge in [-0.25, -0.2) is 9.97 Å². The number of carbonyl (C=O) groups excluding carboxylic acids is 1. The third-order valence-electron chi connectivity index (χ3n) is 4.02. The number of thioether (sulfide) groups is 1. The zero-order valence-electron chi connectivity index (χ0n) is 13.7. The van der Waals surface area contributed by atoms with Crippen molar-refractivity contribution in [1.82, 2.24) is 14.9 Å². The Hall–Kier alpha value is -2.68. The number of nitro benzene ring substituents is 1. The second kappa shape index (κ2) is 7.47. The van der Waals surface area contributed by atoms with E-state index in [9.17, 15) is 14.9 Å². The summed E-state index contributed by atoms with van der Waals surface area (Å²) in [5, 5.41) is 11.2. The Labute approximate surface area is 149 Å². The lowest BCUT2D eigenvalue weighted by Crippen LogP contribution is -2.49. The quantitative estimate of drug-likeness (QED) is 0.469. The molecule has 25 heavy (non-hydrogen) atoms. The van der Waals surface area contributed by atoms with Gasteiger partial charge in [0, 0.05) is 50.2 Å². The lowest BCUT2D eigenvalue weighted by Gasteiger charge is -2.34. The van der Waals surface area contributed by atoms with Gasteiger partial charge in [-0.1, -0.05) is 0 Å². The summed E-state index contributed by atoms with van der Waals surface area (Å²) in [6.45, 7) is 2.30. The van der Waals surface area contributed by atoms with E-state index in [-0.39, 0.29) is 11.6 Å². The summed E-state index contributed by atoms with van der Waals surface area (Å²) >= 11 is 1.29. The number of carbonyl (C=O) groups is 1. The highest BCUT2D eigenvalue weighted by molar-refractivity contribution is 7.98. The highest BCUT2D eigenvalue weighted by atomic mass is 32.2. The lowest BCUT2D eigenvalue weighted by molar-refractivity contribution is -0.387. The van der Waals surface area contributed by atoms with Crippen LogP contribution in [0, 0.1) is 10.1 Å². The summed E-state index contributed by atoms with van der Waals surface area (Å²) in [4.78, 5) is 36.1. The molecule has 9 heteroatoms. The molecule has 130 valence electrons. The Bertz CT molecular complexity index is 779. The van der Waals surface area contributed by atoms with Crippen LogP contribution in [0.3, 0.4) is 0 Å². The largest absolute Gasteiger partial charge is 0.337 e. The van der Waals surface area contributed by atoms with E-state index in [0.29, 0.717) is 42.6 Å². The minimum atomic E-state index is -0.451. The van der Waals surface area contributed by atoms with Gasteiger partial charge in [0.15, 0.2) is 0 Å². The molecule has 1 aliphatic heterocycles. The molecule has 0 N–H and O–H groups in total.